The standard InChI is InChI=1S/C26H40N4O2/c1-6-7-8-9-12-25(2,3)19-14-22(31)24-20-13-18(16-30-28-17-27-29-30)10-11-21(20)26(4,5)32-23(24)15-19/h10,14-15,17,20-21,23-24,31H,6-9,11-13,16H2,1-5H3/t20?,21-,23?,24+/m0/s1. The monoisotopic (exact) mass is 440 g/mol. The number of aliphatic hydroxyl groups excluding tert-OH is 1. The molecule has 6 heteroatoms. The van der Waals surface area contributed by atoms with Gasteiger partial charge in [0.2, 0.25) is 0 Å². The first-order chi connectivity index (χ1) is 15.2. The lowest BCUT2D eigenvalue weighted by Crippen LogP contribution is -2.54. The minimum atomic E-state index is -0.232. The second-order valence-corrected chi connectivity index (χ2v) is 11.1. The molecule has 2 heterocycles. The highest BCUT2D eigenvalue weighted by Gasteiger charge is 2.52. The van der Waals surface area contributed by atoms with Crippen molar-refractivity contribution in [1.82, 2.24) is 20.2 Å². The molecule has 1 saturated heterocycles. The van der Waals surface area contributed by atoms with Crippen molar-refractivity contribution in [1.29, 1.82) is 0 Å². The Morgan fingerprint density at radius 2 is 2.06 bits per heavy atom. The molecule has 0 aromatic carbocycles. The predicted molar refractivity (Wildman–Crippen MR) is 126 cm³/mol. The normalized spacial score (nSPS) is 29.5. The first-order valence-corrected chi connectivity index (χ1v) is 12.4. The van der Waals surface area contributed by atoms with Gasteiger partial charge in [-0.3, -0.25) is 0 Å². The topological polar surface area (TPSA) is 73.1 Å². The number of hydrogen-bond donors (Lipinski definition) is 1. The molecule has 0 amide bonds. The molecule has 6 nitrogen and oxygen atoms in total. The van der Waals surface area contributed by atoms with Crippen LogP contribution < -0.4 is 0 Å². The fraction of sp³-hybridized carbons (Fsp3) is 0.731. The quantitative estimate of drug-likeness (QED) is 0.409. The van der Waals surface area contributed by atoms with Gasteiger partial charge in [0.25, 0.3) is 0 Å². The molecular formula is C26H40N4O2. The van der Waals surface area contributed by atoms with E-state index in [1.807, 2.05) is 0 Å². The molecule has 3 aliphatic rings. The zero-order valence-corrected chi connectivity index (χ0v) is 20.4. The number of ether oxygens (including phenoxy) is 1. The van der Waals surface area contributed by atoms with Crippen LogP contribution in [0.4, 0.5) is 0 Å². The Hall–Kier alpha value is -1.95. The Bertz CT molecular complexity index is 882. The van der Waals surface area contributed by atoms with Gasteiger partial charge in [-0.15, -0.1) is 10.2 Å². The molecule has 2 aliphatic carbocycles. The average molecular weight is 441 g/mol. The summed E-state index contributed by atoms with van der Waals surface area (Å²) >= 11 is 0. The number of tetrazole rings is 1. The van der Waals surface area contributed by atoms with Crippen molar-refractivity contribution in [2.24, 2.45) is 23.2 Å². The third-order valence-corrected chi connectivity index (χ3v) is 7.98. The zero-order valence-electron chi connectivity index (χ0n) is 20.4. The fourth-order valence-corrected chi connectivity index (χ4v) is 6.07. The lowest BCUT2D eigenvalue weighted by Gasteiger charge is -2.53. The molecule has 1 aliphatic heterocycles. The minimum Gasteiger partial charge on any atom is -0.512 e. The SMILES string of the molecule is CCCCCCC(C)(C)C1=CC2OC(C)(C)[C@H]3CC=C(Cn4ncnn4)CC3[C@@H]2C(O)=C1. The van der Waals surface area contributed by atoms with Crippen LogP contribution in [-0.4, -0.2) is 37.0 Å². The van der Waals surface area contributed by atoms with Crippen LogP contribution in [0.5, 0.6) is 0 Å². The van der Waals surface area contributed by atoms with Crippen molar-refractivity contribution in [2.75, 3.05) is 0 Å². The number of nitrogens with zero attached hydrogens (tertiary/aromatic N) is 4. The number of unbranched alkanes of at least 4 members (excludes halogenated alkanes) is 3. The molecule has 4 atom stereocenters. The smallest absolute Gasteiger partial charge is 0.162 e. The Labute approximate surface area is 192 Å². The van der Waals surface area contributed by atoms with E-state index in [1.54, 1.807) is 4.80 Å². The molecule has 176 valence electrons. The van der Waals surface area contributed by atoms with Gasteiger partial charge in [-0.25, -0.2) is 0 Å². The summed E-state index contributed by atoms with van der Waals surface area (Å²) in [5.41, 5.74) is 2.34. The lowest BCUT2D eigenvalue weighted by atomic mass is 9.61. The molecule has 1 fully saturated rings. The summed E-state index contributed by atoms with van der Waals surface area (Å²) in [6.45, 7) is 12.0. The van der Waals surface area contributed by atoms with Gasteiger partial charge >= 0.3 is 0 Å². The van der Waals surface area contributed by atoms with Gasteiger partial charge in [-0.05, 0) is 67.2 Å². The van der Waals surface area contributed by atoms with Crippen molar-refractivity contribution in [2.45, 2.75) is 97.8 Å². The molecule has 1 aromatic rings. The summed E-state index contributed by atoms with van der Waals surface area (Å²) in [7, 11) is 0. The van der Waals surface area contributed by atoms with E-state index in [1.165, 1.54) is 43.2 Å². The van der Waals surface area contributed by atoms with Gasteiger partial charge in [-0.2, -0.15) is 4.80 Å². The van der Waals surface area contributed by atoms with E-state index in [0.29, 0.717) is 24.1 Å². The number of rotatable bonds is 8. The third kappa shape index (κ3) is 4.70. The third-order valence-electron chi connectivity index (χ3n) is 7.98. The first-order valence-electron chi connectivity index (χ1n) is 12.4. The number of fused-ring (bicyclic) bond motifs is 3. The zero-order chi connectivity index (χ0) is 22.9. The molecule has 0 spiro atoms. The summed E-state index contributed by atoms with van der Waals surface area (Å²) in [6.07, 6.45) is 16.2. The highest BCUT2D eigenvalue weighted by Crippen LogP contribution is 2.53. The van der Waals surface area contributed by atoms with E-state index in [9.17, 15) is 5.11 Å². The summed E-state index contributed by atoms with van der Waals surface area (Å²) in [5.74, 6) is 1.23. The van der Waals surface area contributed by atoms with Gasteiger partial charge in [-0.1, -0.05) is 64.2 Å². The summed E-state index contributed by atoms with van der Waals surface area (Å²) in [4.78, 5) is 1.64. The van der Waals surface area contributed by atoms with Crippen molar-refractivity contribution in [3.8, 4) is 0 Å². The van der Waals surface area contributed by atoms with Crippen LogP contribution >= 0.6 is 0 Å². The summed E-state index contributed by atoms with van der Waals surface area (Å²) in [6, 6.07) is 0. The molecule has 4 rings (SSSR count). The molecule has 0 bridgehead atoms. The van der Waals surface area contributed by atoms with E-state index in [2.05, 4.69) is 68.3 Å². The lowest BCUT2D eigenvalue weighted by molar-refractivity contribution is -0.177. The Morgan fingerprint density at radius 1 is 1.25 bits per heavy atom. The first kappa shape index (κ1) is 23.2. The number of aliphatic hydroxyl groups is 1. The van der Waals surface area contributed by atoms with Crippen LogP contribution in [0.2, 0.25) is 0 Å². The van der Waals surface area contributed by atoms with Crippen LogP contribution in [0.25, 0.3) is 0 Å². The molecule has 0 saturated carbocycles. The number of aromatic nitrogens is 4. The minimum absolute atomic E-state index is 0.0140. The maximum absolute atomic E-state index is 11.3. The van der Waals surface area contributed by atoms with Crippen LogP contribution in [0.3, 0.4) is 0 Å². The van der Waals surface area contributed by atoms with Crippen LogP contribution in [0.1, 0.15) is 79.6 Å². The van der Waals surface area contributed by atoms with Crippen LogP contribution in [0, 0.1) is 23.2 Å². The Morgan fingerprint density at radius 3 is 2.78 bits per heavy atom. The number of allylic oxidation sites excluding steroid dienone is 4. The highest BCUT2D eigenvalue weighted by molar-refractivity contribution is 5.36. The maximum atomic E-state index is 11.3. The van der Waals surface area contributed by atoms with E-state index in [0.717, 1.165) is 19.3 Å². The van der Waals surface area contributed by atoms with Crippen molar-refractivity contribution >= 4 is 0 Å². The average Bonchev–Trinajstić information content (AvgIpc) is 3.23. The van der Waals surface area contributed by atoms with Gasteiger partial charge in [0, 0.05) is 5.92 Å². The second kappa shape index (κ2) is 9.12. The van der Waals surface area contributed by atoms with E-state index in [4.69, 9.17) is 4.74 Å². The van der Waals surface area contributed by atoms with Gasteiger partial charge in [0.05, 0.1) is 24.0 Å². The van der Waals surface area contributed by atoms with Gasteiger partial charge in [0.15, 0.2) is 6.33 Å². The predicted octanol–water partition coefficient (Wildman–Crippen LogP) is 5.80. The Kier molecular flexibility index (Phi) is 6.62. The molecule has 32 heavy (non-hydrogen) atoms. The fourth-order valence-electron chi connectivity index (χ4n) is 6.07. The molecule has 0 radical (unpaired) electrons. The molecule has 2 unspecified atom stereocenters. The summed E-state index contributed by atoms with van der Waals surface area (Å²) < 4.78 is 6.68. The van der Waals surface area contributed by atoms with Crippen molar-refractivity contribution in [3.63, 3.8) is 0 Å². The maximum Gasteiger partial charge on any atom is 0.162 e. The van der Waals surface area contributed by atoms with E-state index < -0.39 is 0 Å². The van der Waals surface area contributed by atoms with Crippen molar-refractivity contribution in [3.05, 3.63) is 41.5 Å². The molecular weight excluding hydrogens is 400 g/mol. The second-order valence-electron chi connectivity index (χ2n) is 11.1. The van der Waals surface area contributed by atoms with Gasteiger partial charge in [0.1, 0.15) is 0 Å². The Balaban J connectivity index is 1.54. The molecule has 1 N–H and O–H groups in total. The van der Waals surface area contributed by atoms with E-state index in [-0.39, 0.29) is 23.0 Å². The van der Waals surface area contributed by atoms with E-state index >= 15 is 0 Å². The van der Waals surface area contributed by atoms with Gasteiger partial charge < -0.3 is 9.84 Å². The van der Waals surface area contributed by atoms with Crippen LogP contribution in [-0.2, 0) is 11.3 Å². The van der Waals surface area contributed by atoms with Crippen LogP contribution in [0.15, 0.2) is 41.5 Å². The van der Waals surface area contributed by atoms with Crippen molar-refractivity contribution < 1.29 is 9.84 Å². The highest BCUT2D eigenvalue weighted by atomic mass is 16.5. The number of hydrogen-bond acceptors (Lipinski definition) is 5. The largest absolute Gasteiger partial charge is 0.512 e. The summed E-state index contributed by atoms with van der Waals surface area (Å²) in [5, 5.41) is 23.3. The molecule has 1 aromatic heterocycles.